The van der Waals surface area contributed by atoms with E-state index in [2.05, 4.69) is 20.9 Å². The predicted octanol–water partition coefficient (Wildman–Crippen LogP) is 0.0871. The second-order valence-electron chi connectivity index (χ2n) is 9.04. The minimum atomic E-state index is -1.10. The number of aromatic nitrogens is 1. The highest BCUT2D eigenvalue weighted by Crippen LogP contribution is 2.20. The summed E-state index contributed by atoms with van der Waals surface area (Å²) in [6.07, 6.45) is 4.51. The van der Waals surface area contributed by atoms with Gasteiger partial charge in [0.05, 0.1) is 6.04 Å². The summed E-state index contributed by atoms with van der Waals surface area (Å²) in [6.45, 7) is 0.876. The van der Waals surface area contributed by atoms with Gasteiger partial charge in [0.2, 0.25) is 11.8 Å². The predicted molar refractivity (Wildman–Crippen MR) is 143 cm³/mol. The molecule has 2 rings (SSSR count). The number of carboxylic acid groups (broad SMARTS) is 1. The summed E-state index contributed by atoms with van der Waals surface area (Å²) in [5, 5.41) is 26.5. The molecule has 12 nitrogen and oxygen atoms in total. The Kier molecular flexibility index (Phi) is 11.8. The Morgan fingerprint density at radius 2 is 1.86 bits per heavy atom. The SMILES string of the molecule is CN[C@@H](CCCNC(=N)N)C(=O)N[C@@H](Cc1c[nH]c2ccccc12)C(=O)N(C)[C@@H](CCCCN)C(=O)O. The molecule has 0 aliphatic carbocycles. The molecule has 37 heavy (non-hydrogen) atoms. The number of nitrogens with one attached hydrogen (secondary N) is 5. The largest absolute Gasteiger partial charge is 0.480 e. The lowest BCUT2D eigenvalue weighted by Crippen LogP contribution is -2.56. The maximum atomic E-state index is 13.6. The molecule has 2 aromatic rings. The van der Waals surface area contributed by atoms with Crippen molar-refractivity contribution < 1.29 is 19.5 Å². The third-order valence-corrected chi connectivity index (χ3v) is 6.40. The van der Waals surface area contributed by atoms with Crippen LogP contribution < -0.4 is 27.4 Å². The number of benzene rings is 1. The van der Waals surface area contributed by atoms with Crippen LogP contribution in [0.4, 0.5) is 0 Å². The second-order valence-corrected chi connectivity index (χ2v) is 9.04. The Morgan fingerprint density at radius 3 is 2.51 bits per heavy atom. The summed E-state index contributed by atoms with van der Waals surface area (Å²) in [6, 6.07) is 5.06. The lowest BCUT2D eigenvalue weighted by atomic mass is 10.0. The minimum absolute atomic E-state index is 0.141. The molecule has 0 bridgehead atoms. The number of amides is 2. The van der Waals surface area contributed by atoms with E-state index in [9.17, 15) is 19.5 Å². The number of hydrogen-bond acceptors (Lipinski definition) is 6. The Labute approximate surface area is 217 Å². The van der Waals surface area contributed by atoms with Crippen LogP contribution in [0.1, 0.15) is 37.7 Å². The maximum absolute atomic E-state index is 13.6. The molecule has 12 heteroatoms. The third-order valence-electron chi connectivity index (χ3n) is 6.40. The normalized spacial score (nSPS) is 13.5. The van der Waals surface area contributed by atoms with Crippen molar-refractivity contribution in [2.45, 2.75) is 56.7 Å². The zero-order valence-corrected chi connectivity index (χ0v) is 21.5. The van der Waals surface area contributed by atoms with Gasteiger partial charge in [0.25, 0.3) is 0 Å². The molecule has 1 heterocycles. The highest BCUT2D eigenvalue weighted by molar-refractivity contribution is 5.93. The number of aromatic amines is 1. The van der Waals surface area contributed by atoms with Crippen molar-refractivity contribution in [2.24, 2.45) is 11.5 Å². The Morgan fingerprint density at radius 1 is 1.14 bits per heavy atom. The van der Waals surface area contributed by atoms with Crippen LogP contribution in [0.15, 0.2) is 30.5 Å². The molecule has 204 valence electrons. The van der Waals surface area contributed by atoms with E-state index in [0.29, 0.717) is 38.8 Å². The molecular weight excluding hydrogens is 476 g/mol. The van der Waals surface area contributed by atoms with Gasteiger partial charge in [0.15, 0.2) is 5.96 Å². The van der Waals surface area contributed by atoms with Gasteiger partial charge < -0.3 is 42.4 Å². The van der Waals surface area contributed by atoms with E-state index in [0.717, 1.165) is 16.5 Å². The van der Waals surface area contributed by atoms with Crippen molar-refractivity contribution in [1.29, 1.82) is 5.41 Å². The van der Waals surface area contributed by atoms with Gasteiger partial charge in [0, 0.05) is 37.1 Å². The lowest BCUT2D eigenvalue weighted by molar-refractivity contribution is -0.150. The average molecular weight is 517 g/mol. The van der Waals surface area contributed by atoms with E-state index in [1.165, 1.54) is 11.9 Å². The molecular formula is C25H40N8O4. The number of fused-ring (bicyclic) bond motifs is 1. The number of unbranched alkanes of at least 4 members (excludes halogenated alkanes) is 1. The van der Waals surface area contributed by atoms with Gasteiger partial charge in [-0.25, -0.2) is 4.79 Å². The lowest BCUT2D eigenvalue weighted by Gasteiger charge is -2.30. The van der Waals surface area contributed by atoms with Crippen LogP contribution >= 0.6 is 0 Å². The van der Waals surface area contributed by atoms with Gasteiger partial charge >= 0.3 is 5.97 Å². The van der Waals surface area contributed by atoms with E-state index >= 15 is 0 Å². The number of H-pyrrole nitrogens is 1. The highest BCUT2D eigenvalue weighted by Gasteiger charge is 2.33. The number of hydrogen-bond donors (Lipinski definition) is 8. The molecule has 0 fully saturated rings. The minimum Gasteiger partial charge on any atom is -0.480 e. The van der Waals surface area contributed by atoms with Crippen LogP contribution in [0.2, 0.25) is 0 Å². The number of aliphatic carboxylic acids is 1. The van der Waals surface area contributed by atoms with E-state index in [-0.39, 0.29) is 24.7 Å². The number of carbonyl (C=O) groups is 3. The molecule has 10 N–H and O–H groups in total. The van der Waals surface area contributed by atoms with Crippen molar-refractivity contribution in [1.82, 2.24) is 25.8 Å². The summed E-state index contributed by atoms with van der Waals surface area (Å²) < 4.78 is 0. The molecule has 0 saturated heterocycles. The van der Waals surface area contributed by atoms with Crippen molar-refractivity contribution in [2.75, 3.05) is 27.2 Å². The number of likely N-dealkylation sites (N-methyl/N-ethyl adjacent to an activating group) is 2. The summed E-state index contributed by atoms with van der Waals surface area (Å²) >= 11 is 0. The molecule has 0 spiro atoms. The van der Waals surface area contributed by atoms with Gasteiger partial charge in [0.1, 0.15) is 12.1 Å². The van der Waals surface area contributed by atoms with E-state index in [4.69, 9.17) is 16.9 Å². The van der Waals surface area contributed by atoms with Crippen molar-refractivity contribution in [3.63, 3.8) is 0 Å². The van der Waals surface area contributed by atoms with Crippen LogP contribution in [0.5, 0.6) is 0 Å². The fourth-order valence-electron chi connectivity index (χ4n) is 4.29. The van der Waals surface area contributed by atoms with E-state index in [1.54, 1.807) is 13.2 Å². The van der Waals surface area contributed by atoms with Crippen molar-refractivity contribution in [3.05, 3.63) is 36.0 Å². The van der Waals surface area contributed by atoms with Gasteiger partial charge in [-0.2, -0.15) is 0 Å². The fourth-order valence-corrected chi connectivity index (χ4v) is 4.29. The van der Waals surface area contributed by atoms with Gasteiger partial charge in [-0.05, 0) is 57.3 Å². The summed E-state index contributed by atoms with van der Waals surface area (Å²) in [4.78, 5) is 43.1. The monoisotopic (exact) mass is 516 g/mol. The zero-order valence-electron chi connectivity index (χ0n) is 21.5. The highest BCUT2D eigenvalue weighted by atomic mass is 16.4. The Balaban J connectivity index is 2.24. The first-order valence-electron chi connectivity index (χ1n) is 12.5. The summed E-state index contributed by atoms with van der Waals surface area (Å²) in [5.41, 5.74) is 12.6. The second kappa shape index (κ2) is 14.8. The third kappa shape index (κ3) is 8.76. The van der Waals surface area contributed by atoms with Crippen LogP contribution in [-0.4, -0.2) is 84.0 Å². The fraction of sp³-hybridized carbons (Fsp3) is 0.520. The van der Waals surface area contributed by atoms with Crippen LogP contribution in [0.3, 0.4) is 0 Å². The first-order valence-corrected chi connectivity index (χ1v) is 12.5. The zero-order chi connectivity index (χ0) is 27.4. The summed E-state index contributed by atoms with van der Waals surface area (Å²) in [5.74, 6) is -2.09. The Hall–Kier alpha value is -3.64. The molecule has 0 aliphatic rings. The van der Waals surface area contributed by atoms with Crippen LogP contribution in [0.25, 0.3) is 10.9 Å². The molecule has 2 amide bonds. The first kappa shape index (κ1) is 29.6. The van der Waals surface area contributed by atoms with E-state index < -0.39 is 30.0 Å². The molecule has 0 radical (unpaired) electrons. The molecule has 1 aromatic heterocycles. The Bertz CT molecular complexity index is 1060. The average Bonchev–Trinajstić information content (AvgIpc) is 3.27. The number of nitrogens with two attached hydrogens (primary N) is 2. The van der Waals surface area contributed by atoms with Crippen molar-refractivity contribution in [3.8, 4) is 0 Å². The first-order chi connectivity index (χ1) is 17.7. The van der Waals surface area contributed by atoms with Gasteiger partial charge in [-0.3, -0.25) is 15.0 Å². The number of nitrogens with zero attached hydrogens (tertiary/aromatic N) is 1. The molecule has 1 aromatic carbocycles. The van der Waals surface area contributed by atoms with Gasteiger partial charge in [-0.1, -0.05) is 18.2 Å². The van der Waals surface area contributed by atoms with E-state index in [1.807, 2.05) is 24.3 Å². The molecule has 0 aliphatic heterocycles. The number of carboxylic acids is 1. The van der Waals surface area contributed by atoms with Gasteiger partial charge in [-0.15, -0.1) is 0 Å². The number of guanidine groups is 1. The molecule has 0 unspecified atom stereocenters. The van der Waals surface area contributed by atoms with Crippen LogP contribution in [0, 0.1) is 5.41 Å². The standard InChI is InChI=1S/C25H40N8O4/c1-29-19(10-7-13-30-25(27)28)22(34)32-20(14-16-15-31-18-9-4-3-8-17(16)18)23(35)33(2)21(24(36)37)11-5-6-12-26/h3-4,8-9,15,19-21,29,31H,5-7,10-14,26H2,1-2H3,(H,32,34)(H,36,37)(H4,27,28,30)/t19-,20-,21-/m0/s1. The van der Waals surface area contributed by atoms with Crippen molar-refractivity contribution >= 4 is 34.6 Å². The smallest absolute Gasteiger partial charge is 0.326 e. The maximum Gasteiger partial charge on any atom is 0.326 e. The molecule has 0 saturated carbocycles. The quantitative estimate of drug-likeness (QED) is 0.0870. The number of rotatable bonds is 16. The molecule has 3 atom stereocenters. The number of carbonyl (C=O) groups excluding carboxylic acids is 2. The summed E-state index contributed by atoms with van der Waals surface area (Å²) in [7, 11) is 3.12. The topological polar surface area (TPSA) is 202 Å². The number of para-hydroxylation sites is 1. The van der Waals surface area contributed by atoms with Crippen LogP contribution in [-0.2, 0) is 20.8 Å².